The van der Waals surface area contributed by atoms with Gasteiger partial charge in [0.05, 0.1) is 0 Å². The third kappa shape index (κ3) is 4.95. The Morgan fingerprint density at radius 1 is 1.00 bits per heavy atom. The Labute approximate surface area is 135 Å². The first-order valence-corrected chi connectivity index (χ1v) is 8.93. The van der Waals surface area contributed by atoms with Crippen LogP contribution >= 0.6 is 0 Å². The van der Waals surface area contributed by atoms with Gasteiger partial charge < -0.3 is 5.11 Å². The molecular weight excluding hydrogens is 270 g/mol. The molecule has 0 saturated carbocycles. The predicted molar refractivity (Wildman–Crippen MR) is 95.5 cm³/mol. The number of aliphatic imine (C=N–C) groups is 1. The Hall–Kier alpha value is -1.15. The van der Waals surface area contributed by atoms with Gasteiger partial charge in [-0.1, -0.05) is 36.1 Å². The summed E-state index contributed by atoms with van der Waals surface area (Å²) in [5.74, 6) is 0. The molecule has 1 aliphatic heterocycles. The number of rotatable bonds is 6. The molecule has 1 heterocycles. The molecule has 0 aromatic heterocycles. The minimum Gasteiger partial charge on any atom is -0.396 e. The number of aliphatic hydroxyl groups is 1. The molecule has 1 aliphatic carbocycles. The van der Waals surface area contributed by atoms with Crippen LogP contribution in [0.15, 0.2) is 39.4 Å². The van der Waals surface area contributed by atoms with E-state index in [1.807, 2.05) is 0 Å². The van der Waals surface area contributed by atoms with Crippen LogP contribution in [0.25, 0.3) is 0 Å². The third-order valence-corrected chi connectivity index (χ3v) is 4.77. The highest BCUT2D eigenvalue weighted by atomic mass is 16.2. The minimum absolute atomic E-state index is 0.330. The first kappa shape index (κ1) is 17.2. The molecule has 0 atom stereocenters. The standard InChI is InChI=1S/C20H31NO/c1-16-10-12-18(8-5-3-4-6-15-22)20-17(2)21-14-7-9-19(20)13-11-16/h11,13,22H,3-10,12,14-15H2,1-2H3. The van der Waals surface area contributed by atoms with Crippen LogP contribution in [0.4, 0.5) is 0 Å². The van der Waals surface area contributed by atoms with Gasteiger partial charge in [-0.05, 0) is 69.9 Å². The van der Waals surface area contributed by atoms with E-state index in [1.165, 1.54) is 61.0 Å². The molecule has 2 aliphatic rings. The SMILES string of the molecule is CC1=CC=C2CCCN=C(C)C2=C(CCCCCCO)CC1. The van der Waals surface area contributed by atoms with Crippen LogP contribution in [0.5, 0.6) is 0 Å². The van der Waals surface area contributed by atoms with Crippen molar-refractivity contribution in [2.24, 2.45) is 4.99 Å². The minimum atomic E-state index is 0.330. The lowest BCUT2D eigenvalue weighted by atomic mass is 9.86. The van der Waals surface area contributed by atoms with E-state index in [0.29, 0.717) is 6.61 Å². The molecule has 0 spiro atoms. The Bertz CT molecular complexity index is 494. The molecule has 1 N–H and O–H groups in total. The summed E-state index contributed by atoms with van der Waals surface area (Å²) in [4.78, 5) is 4.77. The van der Waals surface area contributed by atoms with Crippen LogP contribution in [0.1, 0.15) is 71.6 Å². The van der Waals surface area contributed by atoms with Crippen LogP contribution in [0.3, 0.4) is 0 Å². The molecule has 122 valence electrons. The molecule has 2 rings (SSSR count). The highest BCUT2D eigenvalue weighted by molar-refractivity contribution is 6.03. The van der Waals surface area contributed by atoms with Crippen LogP contribution in [0, 0.1) is 0 Å². The van der Waals surface area contributed by atoms with Gasteiger partial charge in [-0.15, -0.1) is 0 Å². The van der Waals surface area contributed by atoms with Crippen LogP contribution in [-0.4, -0.2) is 24.0 Å². The van der Waals surface area contributed by atoms with E-state index < -0.39 is 0 Å². The second-order valence-electron chi connectivity index (χ2n) is 6.64. The lowest BCUT2D eigenvalue weighted by Crippen LogP contribution is -2.06. The first-order chi connectivity index (χ1) is 10.7. The molecule has 0 aromatic rings. The molecule has 0 fully saturated rings. The van der Waals surface area contributed by atoms with Crippen molar-refractivity contribution >= 4 is 5.71 Å². The quantitative estimate of drug-likeness (QED) is 0.676. The fourth-order valence-corrected chi connectivity index (χ4v) is 3.46. The molecule has 2 nitrogen and oxygen atoms in total. The Kier molecular flexibility index (Phi) is 7.11. The molecule has 0 aromatic carbocycles. The second kappa shape index (κ2) is 9.09. The first-order valence-electron chi connectivity index (χ1n) is 8.93. The molecule has 2 heteroatoms. The Morgan fingerprint density at radius 2 is 1.82 bits per heavy atom. The molecule has 0 bridgehead atoms. The van der Waals surface area contributed by atoms with E-state index in [-0.39, 0.29) is 0 Å². The summed E-state index contributed by atoms with van der Waals surface area (Å²) in [7, 11) is 0. The van der Waals surface area contributed by atoms with E-state index in [0.717, 1.165) is 25.8 Å². The summed E-state index contributed by atoms with van der Waals surface area (Å²) >= 11 is 0. The maximum Gasteiger partial charge on any atom is 0.0431 e. The van der Waals surface area contributed by atoms with Crippen LogP contribution in [-0.2, 0) is 0 Å². The van der Waals surface area contributed by atoms with Gasteiger partial charge in [0.25, 0.3) is 0 Å². The average molecular weight is 301 g/mol. The fourth-order valence-electron chi connectivity index (χ4n) is 3.46. The van der Waals surface area contributed by atoms with Gasteiger partial charge in [0.2, 0.25) is 0 Å². The highest BCUT2D eigenvalue weighted by Gasteiger charge is 2.18. The van der Waals surface area contributed by atoms with Gasteiger partial charge in [0.15, 0.2) is 0 Å². The van der Waals surface area contributed by atoms with Crippen molar-refractivity contribution in [1.29, 1.82) is 0 Å². The second-order valence-corrected chi connectivity index (χ2v) is 6.64. The van der Waals surface area contributed by atoms with E-state index >= 15 is 0 Å². The van der Waals surface area contributed by atoms with Crippen molar-refractivity contribution in [3.8, 4) is 0 Å². The summed E-state index contributed by atoms with van der Waals surface area (Å²) in [5.41, 5.74) is 7.34. The van der Waals surface area contributed by atoms with E-state index in [2.05, 4.69) is 26.0 Å². The summed E-state index contributed by atoms with van der Waals surface area (Å²) in [6, 6.07) is 0. The van der Waals surface area contributed by atoms with Gasteiger partial charge in [-0.2, -0.15) is 0 Å². The zero-order chi connectivity index (χ0) is 15.8. The maximum absolute atomic E-state index is 8.89. The number of hydrogen-bond donors (Lipinski definition) is 1. The summed E-state index contributed by atoms with van der Waals surface area (Å²) < 4.78 is 0. The average Bonchev–Trinajstić information content (AvgIpc) is 2.68. The normalized spacial score (nSPS) is 19.5. The van der Waals surface area contributed by atoms with Gasteiger partial charge in [-0.3, -0.25) is 4.99 Å². The molecule has 0 unspecified atom stereocenters. The van der Waals surface area contributed by atoms with Gasteiger partial charge in [-0.25, -0.2) is 0 Å². The summed E-state index contributed by atoms with van der Waals surface area (Å²) in [6.07, 6.45) is 15.1. The van der Waals surface area contributed by atoms with Crippen molar-refractivity contribution in [3.63, 3.8) is 0 Å². The predicted octanol–water partition coefficient (Wildman–Crippen LogP) is 5.15. The molecule has 0 amide bonds. The monoisotopic (exact) mass is 301 g/mol. The number of nitrogens with zero attached hydrogens (tertiary/aromatic N) is 1. The maximum atomic E-state index is 8.89. The van der Waals surface area contributed by atoms with Gasteiger partial charge in [0, 0.05) is 18.9 Å². The Balaban J connectivity index is 2.17. The van der Waals surface area contributed by atoms with Gasteiger partial charge >= 0.3 is 0 Å². The number of hydrogen-bond acceptors (Lipinski definition) is 2. The number of fused-ring (bicyclic) bond motifs is 1. The zero-order valence-electron chi connectivity index (χ0n) is 14.3. The topological polar surface area (TPSA) is 32.6 Å². The number of aliphatic hydroxyl groups excluding tert-OH is 1. The van der Waals surface area contributed by atoms with Crippen molar-refractivity contribution in [2.45, 2.75) is 71.6 Å². The lowest BCUT2D eigenvalue weighted by molar-refractivity contribution is 0.282. The molecule has 0 saturated heterocycles. The molecule has 22 heavy (non-hydrogen) atoms. The van der Waals surface area contributed by atoms with E-state index in [9.17, 15) is 0 Å². The van der Waals surface area contributed by atoms with E-state index in [1.54, 1.807) is 5.57 Å². The molecule has 0 radical (unpaired) electrons. The van der Waals surface area contributed by atoms with Crippen molar-refractivity contribution in [2.75, 3.05) is 13.2 Å². The smallest absolute Gasteiger partial charge is 0.0431 e. The largest absolute Gasteiger partial charge is 0.396 e. The van der Waals surface area contributed by atoms with E-state index in [4.69, 9.17) is 10.1 Å². The Morgan fingerprint density at radius 3 is 2.64 bits per heavy atom. The summed E-state index contributed by atoms with van der Waals surface area (Å²) in [5, 5.41) is 8.89. The van der Waals surface area contributed by atoms with Crippen molar-refractivity contribution in [1.82, 2.24) is 0 Å². The molecular formula is C20H31NO. The van der Waals surface area contributed by atoms with Crippen LogP contribution in [0.2, 0.25) is 0 Å². The lowest BCUT2D eigenvalue weighted by Gasteiger charge is -2.19. The summed E-state index contributed by atoms with van der Waals surface area (Å²) in [6.45, 7) is 5.74. The fraction of sp³-hybridized carbons (Fsp3) is 0.650. The zero-order valence-corrected chi connectivity index (χ0v) is 14.3. The number of unbranched alkanes of at least 4 members (excludes halogenated alkanes) is 3. The van der Waals surface area contributed by atoms with Crippen molar-refractivity contribution in [3.05, 3.63) is 34.4 Å². The van der Waals surface area contributed by atoms with Crippen molar-refractivity contribution < 1.29 is 5.11 Å². The highest BCUT2D eigenvalue weighted by Crippen LogP contribution is 2.32. The third-order valence-electron chi connectivity index (χ3n) is 4.77. The van der Waals surface area contributed by atoms with Gasteiger partial charge in [0.1, 0.15) is 0 Å². The number of allylic oxidation sites excluding steroid dienone is 6. The van der Waals surface area contributed by atoms with Crippen LogP contribution < -0.4 is 0 Å².